The van der Waals surface area contributed by atoms with Crippen molar-refractivity contribution in [2.75, 3.05) is 13.1 Å². The summed E-state index contributed by atoms with van der Waals surface area (Å²) in [6.45, 7) is 2.85. The molecule has 0 fully saturated rings. The minimum Gasteiger partial charge on any atom is -0.507 e. The molecule has 0 radical (unpaired) electrons. The van der Waals surface area contributed by atoms with Crippen molar-refractivity contribution in [2.45, 2.75) is 64.7 Å². The highest BCUT2D eigenvalue weighted by atomic mass is 16.5. The molecule has 0 amide bonds. The van der Waals surface area contributed by atoms with Crippen LogP contribution < -0.4 is 10.6 Å². The van der Waals surface area contributed by atoms with Crippen molar-refractivity contribution in [3.63, 3.8) is 0 Å². The molecule has 0 saturated carbocycles. The Kier molecular flexibility index (Phi) is 10.6. The van der Waals surface area contributed by atoms with Crippen LogP contribution in [0.1, 0.15) is 49.3 Å². The van der Waals surface area contributed by atoms with Crippen molar-refractivity contribution in [1.82, 2.24) is 10.6 Å². The van der Waals surface area contributed by atoms with Gasteiger partial charge in [0.05, 0.1) is 0 Å². The van der Waals surface area contributed by atoms with Crippen LogP contribution in [0.15, 0.2) is 12.1 Å². The van der Waals surface area contributed by atoms with E-state index in [0.29, 0.717) is 24.2 Å². The zero-order valence-corrected chi connectivity index (χ0v) is 14.9. The van der Waals surface area contributed by atoms with E-state index in [2.05, 4.69) is 17.6 Å². The van der Waals surface area contributed by atoms with E-state index < -0.39 is 12.6 Å². The summed E-state index contributed by atoms with van der Waals surface area (Å²) in [5.74, 6) is 0.136. The molecule has 0 aliphatic carbocycles. The number of hydrogen-bond acceptors (Lipinski definition) is 7. The van der Waals surface area contributed by atoms with Crippen LogP contribution in [0.4, 0.5) is 0 Å². The third-order valence-corrected chi connectivity index (χ3v) is 3.93. The maximum atomic E-state index is 10.4. The first kappa shape index (κ1) is 21.8. The van der Waals surface area contributed by atoms with Gasteiger partial charge in [-0.05, 0) is 18.4 Å². The minimum absolute atomic E-state index is 0.0183. The van der Waals surface area contributed by atoms with Crippen molar-refractivity contribution in [3.05, 3.63) is 28.8 Å². The summed E-state index contributed by atoms with van der Waals surface area (Å²) in [6, 6.07) is 3.87. The summed E-state index contributed by atoms with van der Waals surface area (Å²) in [5.41, 5.74) is 2.49. The molecule has 7 heteroatoms. The second kappa shape index (κ2) is 12.2. The molecule has 7 N–H and O–H groups in total. The van der Waals surface area contributed by atoms with Gasteiger partial charge < -0.3 is 36.2 Å². The molecule has 0 heterocycles. The molecule has 0 saturated heterocycles. The minimum atomic E-state index is -1.44. The maximum absolute atomic E-state index is 10.4. The number of rotatable bonds is 13. The fourth-order valence-electron chi connectivity index (χ4n) is 2.67. The molecular weight excluding hydrogens is 324 g/mol. The number of phenolic OH excluding ortho intramolecular Hbond substituents is 1. The molecule has 0 aromatic heterocycles. The Morgan fingerprint density at radius 2 is 1.36 bits per heavy atom. The van der Waals surface area contributed by atoms with Crippen molar-refractivity contribution < 1.29 is 25.5 Å². The predicted octanol–water partition coefficient (Wildman–Crippen LogP) is 0.316. The van der Waals surface area contributed by atoms with Gasteiger partial charge in [0, 0.05) is 37.3 Å². The Morgan fingerprint density at radius 1 is 0.840 bits per heavy atom. The van der Waals surface area contributed by atoms with Crippen LogP contribution in [-0.4, -0.2) is 51.2 Å². The first-order valence-corrected chi connectivity index (χ1v) is 8.91. The molecule has 0 unspecified atom stereocenters. The van der Waals surface area contributed by atoms with Gasteiger partial charge in [0.15, 0.2) is 12.6 Å². The Morgan fingerprint density at radius 3 is 1.80 bits per heavy atom. The van der Waals surface area contributed by atoms with Crippen LogP contribution in [0, 0.1) is 0 Å². The predicted molar refractivity (Wildman–Crippen MR) is 95.8 cm³/mol. The van der Waals surface area contributed by atoms with Gasteiger partial charge >= 0.3 is 0 Å². The van der Waals surface area contributed by atoms with E-state index in [9.17, 15) is 5.11 Å². The summed E-state index contributed by atoms with van der Waals surface area (Å²) in [4.78, 5) is 0. The highest BCUT2D eigenvalue weighted by Gasteiger charge is 2.11. The van der Waals surface area contributed by atoms with Gasteiger partial charge in [0.1, 0.15) is 5.75 Å². The normalized spacial score (nSPS) is 11.6. The summed E-state index contributed by atoms with van der Waals surface area (Å²) >= 11 is 0. The number of aryl methyl sites for hydroxylation is 1. The average Bonchev–Trinajstić information content (AvgIpc) is 2.54. The summed E-state index contributed by atoms with van der Waals surface area (Å²) in [5, 5.41) is 51.9. The van der Waals surface area contributed by atoms with Crippen molar-refractivity contribution in [1.29, 1.82) is 0 Å². The maximum Gasteiger partial charge on any atom is 0.164 e. The highest BCUT2D eigenvalue weighted by molar-refractivity contribution is 5.44. The molecule has 1 rings (SSSR count). The zero-order chi connectivity index (χ0) is 18.7. The van der Waals surface area contributed by atoms with Gasteiger partial charge in [-0.2, -0.15) is 0 Å². The summed E-state index contributed by atoms with van der Waals surface area (Å²) in [7, 11) is 0. The van der Waals surface area contributed by atoms with E-state index in [1.165, 1.54) is 12.8 Å². The zero-order valence-electron chi connectivity index (χ0n) is 14.9. The molecular formula is C18H32N2O5. The van der Waals surface area contributed by atoms with Gasteiger partial charge in [-0.25, -0.2) is 0 Å². The third kappa shape index (κ3) is 9.15. The lowest BCUT2D eigenvalue weighted by molar-refractivity contribution is -0.0379. The second-order valence-electron chi connectivity index (χ2n) is 6.30. The Hall–Kier alpha value is -1.22. The van der Waals surface area contributed by atoms with Gasteiger partial charge in [-0.1, -0.05) is 38.3 Å². The standard InChI is InChI=1S/C18H32N2O5/c1-2-3-4-5-6-13-7-14(9-19-11-16(21)22)18(25)15(8-13)10-20-12-17(23)24/h7-8,16-17,19-25H,2-6,9-12H2,1H3. The second-order valence-corrected chi connectivity index (χ2v) is 6.30. The average molecular weight is 356 g/mol. The lowest BCUT2D eigenvalue weighted by Crippen LogP contribution is -2.27. The van der Waals surface area contributed by atoms with Crippen molar-refractivity contribution >= 4 is 0 Å². The van der Waals surface area contributed by atoms with Crippen LogP contribution in [0.5, 0.6) is 5.75 Å². The van der Waals surface area contributed by atoms with Crippen LogP contribution in [0.3, 0.4) is 0 Å². The van der Waals surface area contributed by atoms with Gasteiger partial charge in [-0.3, -0.25) is 0 Å². The number of hydrogen-bond donors (Lipinski definition) is 7. The Bertz CT molecular complexity index is 459. The molecule has 0 spiro atoms. The molecule has 144 valence electrons. The lowest BCUT2D eigenvalue weighted by atomic mass is 9.99. The van der Waals surface area contributed by atoms with Crippen LogP contribution in [-0.2, 0) is 19.5 Å². The highest BCUT2D eigenvalue weighted by Crippen LogP contribution is 2.26. The molecule has 1 aromatic carbocycles. The largest absolute Gasteiger partial charge is 0.507 e. The number of aromatic hydroxyl groups is 1. The van der Waals surface area contributed by atoms with E-state index in [0.717, 1.165) is 24.8 Å². The fraction of sp³-hybridized carbons (Fsp3) is 0.667. The molecule has 25 heavy (non-hydrogen) atoms. The Labute approximate surface area is 149 Å². The quantitative estimate of drug-likeness (QED) is 0.200. The summed E-state index contributed by atoms with van der Waals surface area (Å²) in [6.07, 6.45) is 2.63. The fourth-order valence-corrected chi connectivity index (χ4v) is 2.67. The van der Waals surface area contributed by atoms with Crippen molar-refractivity contribution in [2.24, 2.45) is 0 Å². The first-order valence-electron chi connectivity index (χ1n) is 8.91. The Balaban J connectivity index is 2.79. The molecule has 1 aromatic rings. The topological polar surface area (TPSA) is 125 Å². The molecule has 7 nitrogen and oxygen atoms in total. The molecule has 0 atom stereocenters. The van der Waals surface area contributed by atoms with E-state index >= 15 is 0 Å². The first-order chi connectivity index (χ1) is 11.9. The SMILES string of the molecule is CCCCCCc1cc(CNCC(O)O)c(O)c(CNCC(O)O)c1. The van der Waals surface area contributed by atoms with E-state index in [4.69, 9.17) is 20.4 Å². The third-order valence-electron chi connectivity index (χ3n) is 3.93. The van der Waals surface area contributed by atoms with Crippen LogP contribution in [0.2, 0.25) is 0 Å². The van der Waals surface area contributed by atoms with Crippen molar-refractivity contribution in [3.8, 4) is 5.75 Å². The van der Waals surface area contributed by atoms with Gasteiger partial charge in [0.25, 0.3) is 0 Å². The van der Waals surface area contributed by atoms with E-state index in [1.807, 2.05) is 12.1 Å². The lowest BCUT2D eigenvalue weighted by Gasteiger charge is -2.15. The van der Waals surface area contributed by atoms with E-state index in [-0.39, 0.29) is 18.8 Å². The number of nitrogens with one attached hydrogen (secondary N) is 2. The van der Waals surface area contributed by atoms with Crippen LogP contribution >= 0.6 is 0 Å². The monoisotopic (exact) mass is 356 g/mol. The van der Waals surface area contributed by atoms with E-state index in [1.54, 1.807) is 0 Å². The van der Waals surface area contributed by atoms with Crippen LogP contribution in [0.25, 0.3) is 0 Å². The number of unbranched alkanes of at least 4 members (excludes halogenated alkanes) is 3. The number of aliphatic hydroxyl groups excluding tert-OH is 2. The molecule has 0 bridgehead atoms. The molecule has 0 aliphatic rings. The smallest absolute Gasteiger partial charge is 0.164 e. The number of phenols is 1. The van der Waals surface area contributed by atoms with Gasteiger partial charge in [-0.15, -0.1) is 0 Å². The molecule has 0 aliphatic heterocycles. The number of benzene rings is 1. The number of aliphatic hydroxyl groups is 4. The van der Waals surface area contributed by atoms with Gasteiger partial charge in [0.2, 0.25) is 0 Å². The summed E-state index contributed by atoms with van der Waals surface area (Å²) < 4.78 is 0.